The van der Waals surface area contributed by atoms with Gasteiger partial charge in [0.1, 0.15) is 11.1 Å². The Balaban J connectivity index is 1.66. The molecule has 10 heteroatoms. The third-order valence-corrected chi connectivity index (χ3v) is 6.15. The first-order valence-corrected chi connectivity index (χ1v) is 10.8. The summed E-state index contributed by atoms with van der Waals surface area (Å²) in [6.07, 6.45) is -3.08. The molecule has 0 saturated carbocycles. The minimum atomic E-state index is -4.61. The van der Waals surface area contributed by atoms with E-state index < -0.39 is 23.3 Å². The van der Waals surface area contributed by atoms with Gasteiger partial charge in [-0.3, -0.25) is 14.7 Å². The highest BCUT2D eigenvalue weighted by atomic mass is 32.1. The number of fused-ring (bicyclic) bond motifs is 2. The van der Waals surface area contributed by atoms with Crippen LogP contribution >= 0.6 is 11.3 Å². The van der Waals surface area contributed by atoms with E-state index in [0.29, 0.717) is 16.7 Å². The number of para-hydroxylation sites is 2. The SMILES string of the molecule is O=C(c1cc2ccccc2oc1=O)N(Cc1ccccn1)c1nc2c(C(F)(F)F)cccc2s1. The predicted octanol–water partition coefficient (Wildman–Crippen LogP) is 5.66. The molecule has 3 heterocycles. The van der Waals surface area contributed by atoms with Gasteiger partial charge in [0.05, 0.1) is 28.0 Å². The van der Waals surface area contributed by atoms with Gasteiger partial charge in [0.2, 0.25) is 0 Å². The number of pyridine rings is 1. The first kappa shape index (κ1) is 21.8. The number of alkyl halides is 3. The smallest absolute Gasteiger partial charge is 0.418 e. The van der Waals surface area contributed by atoms with Crippen LogP contribution in [0.5, 0.6) is 0 Å². The van der Waals surface area contributed by atoms with Crippen molar-refractivity contribution in [3.8, 4) is 0 Å². The summed E-state index contributed by atoms with van der Waals surface area (Å²) in [5.41, 5.74) is -1.49. The number of benzene rings is 2. The van der Waals surface area contributed by atoms with Gasteiger partial charge in [0.15, 0.2) is 5.13 Å². The van der Waals surface area contributed by atoms with Gasteiger partial charge in [-0.15, -0.1) is 0 Å². The van der Waals surface area contributed by atoms with E-state index >= 15 is 0 Å². The zero-order valence-corrected chi connectivity index (χ0v) is 18.1. The predicted molar refractivity (Wildman–Crippen MR) is 122 cm³/mol. The fraction of sp³-hybridized carbons (Fsp3) is 0.0833. The van der Waals surface area contributed by atoms with Gasteiger partial charge < -0.3 is 4.42 Å². The number of aromatic nitrogens is 2. The number of hydrogen-bond donors (Lipinski definition) is 0. The molecule has 0 saturated heterocycles. The lowest BCUT2D eigenvalue weighted by atomic mass is 10.1. The summed E-state index contributed by atoms with van der Waals surface area (Å²) in [4.78, 5) is 35.7. The number of thiazole rings is 1. The number of carbonyl (C=O) groups excluding carboxylic acids is 1. The summed E-state index contributed by atoms with van der Waals surface area (Å²) in [5.74, 6) is -0.752. The van der Waals surface area contributed by atoms with E-state index in [1.807, 2.05) is 0 Å². The molecule has 0 bridgehead atoms. The zero-order chi connectivity index (χ0) is 23.9. The van der Waals surface area contributed by atoms with E-state index in [1.54, 1.807) is 42.5 Å². The van der Waals surface area contributed by atoms with Gasteiger partial charge in [-0.1, -0.05) is 41.7 Å². The Morgan fingerprint density at radius 2 is 1.82 bits per heavy atom. The third kappa shape index (κ3) is 4.03. The highest BCUT2D eigenvalue weighted by Gasteiger charge is 2.34. The van der Waals surface area contributed by atoms with Crippen LogP contribution in [0.2, 0.25) is 0 Å². The summed E-state index contributed by atoms with van der Waals surface area (Å²) in [6, 6.07) is 16.9. The topological polar surface area (TPSA) is 76.3 Å². The molecule has 1 amide bonds. The largest absolute Gasteiger partial charge is 0.422 e. The fourth-order valence-electron chi connectivity index (χ4n) is 3.52. The molecule has 3 aromatic heterocycles. The van der Waals surface area contributed by atoms with Crippen molar-refractivity contribution < 1.29 is 22.4 Å². The minimum Gasteiger partial charge on any atom is -0.422 e. The van der Waals surface area contributed by atoms with Crippen molar-refractivity contribution in [3.05, 3.63) is 100 Å². The van der Waals surface area contributed by atoms with Crippen molar-refractivity contribution in [2.24, 2.45) is 0 Å². The Bertz CT molecular complexity index is 1580. The van der Waals surface area contributed by atoms with Gasteiger partial charge in [-0.2, -0.15) is 13.2 Å². The van der Waals surface area contributed by atoms with Gasteiger partial charge in [0, 0.05) is 11.6 Å². The van der Waals surface area contributed by atoms with Crippen molar-refractivity contribution in [1.82, 2.24) is 9.97 Å². The minimum absolute atomic E-state index is 0.00918. The monoisotopic (exact) mass is 481 g/mol. The van der Waals surface area contributed by atoms with Crippen molar-refractivity contribution in [2.75, 3.05) is 4.90 Å². The van der Waals surface area contributed by atoms with Gasteiger partial charge >= 0.3 is 11.8 Å². The number of nitrogens with zero attached hydrogens (tertiary/aromatic N) is 3. The van der Waals surface area contributed by atoms with Crippen molar-refractivity contribution in [1.29, 1.82) is 0 Å². The summed E-state index contributed by atoms with van der Waals surface area (Å²) in [6.45, 7) is -0.104. The Labute approximate surface area is 193 Å². The molecule has 0 N–H and O–H groups in total. The molecule has 2 aromatic carbocycles. The van der Waals surface area contributed by atoms with E-state index in [-0.39, 0.29) is 27.5 Å². The second-order valence-electron chi connectivity index (χ2n) is 7.34. The molecule has 0 unspecified atom stereocenters. The Morgan fingerprint density at radius 1 is 1.03 bits per heavy atom. The summed E-state index contributed by atoms with van der Waals surface area (Å²) < 4.78 is 46.1. The average molecular weight is 481 g/mol. The number of carbonyl (C=O) groups is 1. The molecule has 34 heavy (non-hydrogen) atoms. The molecular formula is C24H14F3N3O3S. The molecule has 0 aliphatic rings. The molecule has 170 valence electrons. The number of hydrogen-bond acceptors (Lipinski definition) is 6. The maximum atomic E-state index is 13.6. The van der Waals surface area contributed by atoms with Crippen molar-refractivity contribution >= 4 is 43.6 Å². The molecule has 0 aliphatic carbocycles. The van der Waals surface area contributed by atoms with Gasteiger partial charge in [0.25, 0.3) is 5.91 Å². The normalized spacial score (nSPS) is 11.7. The molecule has 5 aromatic rings. The van der Waals surface area contributed by atoms with Crippen LogP contribution in [0, 0.1) is 0 Å². The van der Waals surface area contributed by atoms with E-state index in [0.717, 1.165) is 22.3 Å². The van der Waals surface area contributed by atoms with Crippen LogP contribution in [0.4, 0.5) is 18.3 Å². The highest BCUT2D eigenvalue weighted by Crippen LogP contribution is 2.39. The van der Waals surface area contributed by atoms with Crippen molar-refractivity contribution in [3.63, 3.8) is 0 Å². The Morgan fingerprint density at radius 3 is 2.59 bits per heavy atom. The molecule has 6 nitrogen and oxygen atoms in total. The number of halogens is 3. The standard InChI is InChI=1S/C24H14F3N3O3S/c25-24(26,27)17-8-5-10-19-20(17)29-23(34-19)30(13-15-7-3-4-11-28-15)21(31)16-12-14-6-1-2-9-18(14)33-22(16)32/h1-12H,13H2. The first-order valence-electron chi connectivity index (χ1n) is 10.0. The van der Waals surface area contributed by atoms with E-state index in [9.17, 15) is 22.8 Å². The van der Waals surface area contributed by atoms with Crippen molar-refractivity contribution in [2.45, 2.75) is 12.7 Å². The quantitative estimate of drug-likeness (QED) is 0.310. The highest BCUT2D eigenvalue weighted by molar-refractivity contribution is 7.22. The number of rotatable bonds is 4. The number of anilines is 1. The maximum absolute atomic E-state index is 13.6. The van der Waals surface area contributed by atoms with Crippen LogP contribution in [0.1, 0.15) is 21.6 Å². The summed E-state index contributed by atoms with van der Waals surface area (Å²) in [7, 11) is 0. The summed E-state index contributed by atoms with van der Waals surface area (Å²) in [5, 5.41) is 0.543. The zero-order valence-electron chi connectivity index (χ0n) is 17.2. The van der Waals surface area contributed by atoms with Crippen LogP contribution in [-0.4, -0.2) is 15.9 Å². The van der Waals surface area contributed by atoms with Gasteiger partial charge in [-0.05, 0) is 36.4 Å². The Kier molecular flexibility index (Phi) is 5.37. The molecule has 0 spiro atoms. The van der Waals surface area contributed by atoms with E-state index in [4.69, 9.17) is 4.42 Å². The van der Waals surface area contributed by atoms with Crippen LogP contribution in [0.25, 0.3) is 21.2 Å². The average Bonchev–Trinajstić information content (AvgIpc) is 3.25. The molecule has 5 rings (SSSR count). The molecule has 0 fully saturated rings. The second kappa shape index (κ2) is 8.38. The fourth-order valence-corrected chi connectivity index (χ4v) is 4.51. The Hall–Kier alpha value is -4.05. The molecule has 0 atom stereocenters. The third-order valence-electron chi connectivity index (χ3n) is 5.11. The molecule has 0 aliphatic heterocycles. The molecule has 0 radical (unpaired) electrons. The van der Waals surface area contributed by atoms with Crippen LogP contribution < -0.4 is 10.5 Å². The summed E-state index contributed by atoms with van der Waals surface area (Å²) >= 11 is 0.921. The van der Waals surface area contributed by atoms with Gasteiger partial charge in [-0.25, -0.2) is 9.78 Å². The lowest BCUT2D eigenvalue weighted by Gasteiger charge is -2.19. The van der Waals surface area contributed by atoms with E-state index in [2.05, 4.69) is 9.97 Å². The van der Waals surface area contributed by atoms with Crippen LogP contribution in [-0.2, 0) is 12.7 Å². The van der Waals surface area contributed by atoms with E-state index in [1.165, 1.54) is 24.4 Å². The maximum Gasteiger partial charge on any atom is 0.418 e. The lowest BCUT2D eigenvalue weighted by Crippen LogP contribution is -2.34. The lowest BCUT2D eigenvalue weighted by molar-refractivity contribution is -0.136. The van der Waals surface area contributed by atoms with Crippen LogP contribution in [0.3, 0.4) is 0 Å². The second-order valence-corrected chi connectivity index (χ2v) is 8.35. The first-order chi connectivity index (χ1) is 16.3. The molecular weight excluding hydrogens is 467 g/mol. The van der Waals surface area contributed by atoms with Crippen LogP contribution in [0.15, 0.2) is 82.1 Å². The number of amides is 1.